The lowest BCUT2D eigenvalue weighted by atomic mass is 9.95. The van der Waals surface area contributed by atoms with Crippen molar-refractivity contribution < 1.29 is 40.2 Å². The molecule has 0 fully saturated rings. The molecular weight excluding hydrogens is 356 g/mol. The second-order valence-electron chi connectivity index (χ2n) is 7.17. The van der Waals surface area contributed by atoms with Crippen molar-refractivity contribution in [2.45, 2.75) is 108 Å². The fraction of sp³-hybridized carbons (Fsp3) is 0.947. The smallest absolute Gasteiger partial charge is 0.305 e. The van der Waals surface area contributed by atoms with Crippen molar-refractivity contribution in [3.8, 4) is 0 Å². The maximum Gasteiger partial charge on any atom is 0.305 e. The minimum absolute atomic E-state index is 0.204. The number of methoxy groups -OCH3 is 1. The second-order valence-corrected chi connectivity index (χ2v) is 7.17. The summed E-state index contributed by atoms with van der Waals surface area (Å²) in [4.78, 5) is 11.0. The third-order valence-corrected chi connectivity index (χ3v) is 4.83. The van der Waals surface area contributed by atoms with Crippen molar-refractivity contribution >= 4 is 5.97 Å². The first-order valence-corrected chi connectivity index (χ1v) is 9.88. The average molecular weight is 395 g/mol. The highest BCUT2D eigenvalue weighted by molar-refractivity contribution is 5.68. The number of ether oxygens (including phenoxy) is 1. The molecule has 0 bridgehead atoms. The number of rotatable bonds is 16. The predicted molar refractivity (Wildman–Crippen MR) is 99.9 cm³/mol. The van der Waals surface area contributed by atoms with E-state index in [2.05, 4.69) is 4.74 Å². The Morgan fingerprint density at radius 2 is 1.15 bits per heavy atom. The van der Waals surface area contributed by atoms with Crippen LogP contribution in [-0.2, 0) is 9.53 Å². The molecule has 0 radical (unpaired) electrons. The summed E-state index contributed by atoms with van der Waals surface area (Å²) >= 11 is 0. The quantitative estimate of drug-likeness (QED) is 0.161. The standard InChI is InChI=1S/C19H38O8/c1-3-13(20)15(22)11-17(24)18(25)12-16(23)14(21)9-7-5-4-6-8-10-19(26)27-2/h13-18,20-25H,3-12H2,1-2H3. The number of carbonyl (C=O) groups is 1. The van der Waals surface area contributed by atoms with Gasteiger partial charge < -0.3 is 35.4 Å². The number of aliphatic hydroxyl groups excluding tert-OH is 6. The molecule has 8 nitrogen and oxygen atoms in total. The molecule has 6 atom stereocenters. The first-order chi connectivity index (χ1) is 12.7. The van der Waals surface area contributed by atoms with E-state index in [0.29, 0.717) is 25.7 Å². The fourth-order valence-electron chi connectivity index (χ4n) is 2.84. The first kappa shape index (κ1) is 26.2. The highest BCUT2D eigenvalue weighted by Crippen LogP contribution is 2.16. The van der Waals surface area contributed by atoms with Gasteiger partial charge in [0, 0.05) is 19.3 Å². The summed E-state index contributed by atoms with van der Waals surface area (Å²) in [7, 11) is 1.36. The Bertz CT molecular complexity index is 379. The van der Waals surface area contributed by atoms with E-state index < -0.39 is 36.6 Å². The van der Waals surface area contributed by atoms with E-state index in [9.17, 15) is 35.4 Å². The summed E-state index contributed by atoms with van der Waals surface area (Å²) in [6, 6.07) is 0. The Hall–Kier alpha value is -0.770. The summed E-state index contributed by atoms with van der Waals surface area (Å²) in [5.74, 6) is -0.217. The van der Waals surface area contributed by atoms with Crippen LogP contribution in [0.15, 0.2) is 0 Å². The number of carbonyl (C=O) groups excluding carboxylic acids is 1. The number of unbranched alkanes of at least 4 members (excludes halogenated alkanes) is 4. The third-order valence-electron chi connectivity index (χ3n) is 4.83. The molecule has 0 aliphatic rings. The van der Waals surface area contributed by atoms with Gasteiger partial charge in [0.05, 0.1) is 43.7 Å². The Morgan fingerprint density at radius 1 is 0.704 bits per heavy atom. The van der Waals surface area contributed by atoms with Gasteiger partial charge in [-0.05, 0) is 19.3 Å². The van der Waals surface area contributed by atoms with E-state index in [4.69, 9.17) is 0 Å². The molecule has 6 unspecified atom stereocenters. The molecule has 0 amide bonds. The van der Waals surface area contributed by atoms with Crippen LogP contribution in [0.25, 0.3) is 0 Å². The largest absolute Gasteiger partial charge is 0.469 e. The lowest BCUT2D eigenvalue weighted by Crippen LogP contribution is -2.39. The predicted octanol–water partition coefficient (Wildman–Crippen LogP) is 0.246. The number of hydrogen-bond acceptors (Lipinski definition) is 8. The molecule has 162 valence electrons. The molecule has 0 saturated carbocycles. The van der Waals surface area contributed by atoms with E-state index in [1.165, 1.54) is 7.11 Å². The number of hydrogen-bond donors (Lipinski definition) is 6. The molecule has 0 saturated heterocycles. The molecule has 27 heavy (non-hydrogen) atoms. The SMILES string of the molecule is CCC(O)C(O)CC(O)C(O)CC(O)C(O)CCCCCCCC(=O)OC. The molecular formula is C19H38O8. The molecule has 0 heterocycles. The molecule has 0 aliphatic heterocycles. The Labute approximate surface area is 161 Å². The molecule has 0 aromatic carbocycles. The zero-order valence-corrected chi connectivity index (χ0v) is 16.5. The van der Waals surface area contributed by atoms with Gasteiger partial charge in [0.2, 0.25) is 0 Å². The zero-order valence-electron chi connectivity index (χ0n) is 16.5. The van der Waals surface area contributed by atoms with Gasteiger partial charge in [0.25, 0.3) is 0 Å². The highest BCUT2D eigenvalue weighted by atomic mass is 16.5. The van der Waals surface area contributed by atoms with Gasteiger partial charge in [-0.15, -0.1) is 0 Å². The van der Waals surface area contributed by atoms with Crippen LogP contribution in [-0.4, -0.2) is 80.3 Å². The Morgan fingerprint density at radius 3 is 1.67 bits per heavy atom. The minimum atomic E-state index is -1.30. The van der Waals surface area contributed by atoms with Crippen molar-refractivity contribution in [2.75, 3.05) is 7.11 Å². The Kier molecular flexibility index (Phi) is 14.8. The van der Waals surface area contributed by atoms with Gasteiger partial charge in [0.1, 0.15) is 0 Å². The van der Waals surface area contributed by atoms with Gasteiger partial charge in [-0.1, -0.05) is 32.6 Å². The van der Waals surface area contributed by atoms with E-state index in [1.54, 1.807) is 6.92 Å². The van der Waals surface area contributed by atoms with E-state index in [-0.39, 0.29) is 18.8 Å². The summed E-state index contributed by atoms with van der Waals surface area (Å²) in [6.45, 7) is 1.69. The average Bonchev–Trinajstić information content (AvgIpc) is 2.65. The summed E-state index contributed by atoms with van der Waals surface area (Å²) in [6.07, 6.45) is -2.08. The summed E-state index contributed by atoms with van der Waals surface area (Å²) < 4.78 is 4.56. The van der Waals surface area contributed by atoms with Crippen LogP contribution in [0.3, 0.4) is 0 Å². The lowest BCUT2D eigenvalue weighted by molar-refractivity contribution is -0.140. The molecule has 0 aromatic heterocycles. The van der Waals surface area contributed by atoms with Crippen LogP contribution < -0.4 is 0 Å². The van der Waals surface area contributed by atoms with Gasteiger partial charge in [-0.2, -0.15) is 0 Å². The topological polar surface area (TPSA) is 148 Å². The summed E-state index contributed by atoms with van der Waals surface area (Å²) in [5.41, 5.74) is 0. The molecule has 8 heteroatoms. The van der Waals surface area contributed by atoms with Crippen molar-refractivity contribution in [3.63, 3.8) is 0 Å². The van der Waals surface area contributed by atoms with Crippen molar-refractivity contribution in [3.05, 3.63) is 0 Å². The van der Waals surface area contributed by atoms with E-state index >= 15 is 0 Å². The minimum Gasteiger partial charge on any atom is -0.469 e. The lowest BCUT2D eigenvalue weighted by Gasteiger charge is -2.26. The summed E-state index contributed by atoms with van der Waals surface area (Å²) in [5, 5.41) is 58.9. The van der Waals surface area contributed by atoms with Gasteiger partial charge in [-0.3, -0.25) is 4.79 Å². The molecule has 0 aromatic rings. The zero-order chi connectivity index (χ0) is 20.8. The van der Waals surface area contributed by atoms with E-state index in [1.807, 2.05) is 0 Å². The van der Waals surface area contributed by atoms with Crippen molar-refractivity contribution in [2.24, 2.45) is 0 Å². The van der Waals surface area contributed by atoms with Crippen LogP contribution in [0, 0.1) is 0 Å². The van der Waals surface area contributed by atoms with Gasteiger partial charge in [-0.25, -0.2) is 0 Å². The molecule has 0 spiro atoms. The van der Waals surface area contributed by atoms with Crippen LogP contribution >= 0.6 is 0 Å². The maximum atomic E-state index is 11.0. The maximum absolute atomic E-state index is 11.0. The third kappa shape index (κ3) is 12.3. The molecule has 6 N–H and O–H groups in total. The normalized spacial score (nSPS) is 18.4. The van der Waals surface area contributed by atoms with Gasteiger partial charge in [0.15, 0.2) is 0 Å². The molecule has 0 rings (SSSR count). The van der Waals surface area contributed by atoms with Crippen molar-refractivity contribution in [1.29, 1.82) is 0 Å². The van der Waals surface area contributed by atoms with Crippen molar-refractivity contribution in [1.82, 2.24) is 0 Å². The van der Waals surface area contributed by atoms with Gasteiger partial charge >= 0.3 is 5.97 Å². The van der Waals surface area contributed by atoms with Crippen LogP contribution in [0.2, 0.25) is 0 Å². The highest BCUT2D eigenvalue weighted by Gasteiger charge is 2.27. The Balaban J connectivity index is 3.92. The van der Waals surface area contributed by atoms with Crippen LogP contribution in [0.4, 0.5) is 0 Å². The van der Waals surface area contributed by atoms with Crippen LogP contribution in [0.1, 0.15) is 71.1 Å². The van der Waals surface area contributed by atoms with Crippen LogP contribution in [0.5, 0.6) is 0 Å². The van der Waals surface area contributed by atoms with E-state index in [0.717, 1.165) is 25.7 Å². The fourth-order valence-corrected chi connectivity index (χ4v) is 2.84. The second kappa shape index (κ2) is 15.2. The first-order valence-electron chi connectivity index (χ1n) is 9.88. The molecule has 0 aliphatic carbocycles. The number of esters is 1. The monoisotopic (exact) mass is 394 g/mol. The number of aliphatic hydroxyl groups is 6.